The summed E-state index contributed by atoms with van der Waals surface area (Å²) in [5.74, 6) is 1.58. The van der Waals surface area contributed by atoms with Gasteiger partial charge in [-0.1, -0.05) is 30.3 Å². The molecule has 22 heavy (non-hydrogen) atoms. The van der Waals surface area contributed by atoms with Crippen molar-refractivity contribution < 1.29 is 4.84 Å². The number of benzene rings is 1. The predicted octanol–water partition coefficient (Wildman–Crippen LogP) is 4.03. The van der Waals surface area contributed by atoms with E-state index in [-0.39, 0.29) is 0 Å². The zero-order chi connectivity index (χ0) is 14.9. The molecule has 1 N–H and O–H groups in total. The molecule has 0 saturated heterocycles. The first-order valence-electron chi connectivity index (χ1n) is 7.52. The van der Waals surface area contributed by atoms with E-state index in [1.54, 1.807) is 11.3 Å². The first-order chi connectivity index (χ1) is 10.8. The van der Waals surface area contributed by atoms with E-state index in [2.05, 4.69) is 15.4 Å². The van der Waals surface area contributed by atoms with E-state index in [1.165, 1.54) is 23.3 Å². The summed E-state index contributed by atoms with van der Waals surface area (Å²) in [5, 5.41) is 1.15. The highest BCUT2D eigenvalue weighted by molar-refractivity contribution is 7.19. The van der Waals surface area contributed by atoms with Crippen LogP contribution in [0, 0.1) is 6.92 Å². The summed E-state index contributed by atoms with van der Waals surface area (Å²) >= 11 is 1.80. The van der Waals surface area contributed by atoms with Crippen LogP contribution in [-0.2, 0) is 24.3 Å². The molecule has 0 spiro atoms. The van der Waals surface area contributed by atoms with Crippen LogP contribution in [0.4, 0.5) is 5.82 Å². The molecule has 5 heteroatoms. The molecule has 0 amide bonds. The largest absolute Gasteiger partial charge is 0.270 e. The van der Waals surface area contributed by atoms with Gasteiger partial charge in [0, 0.05) is 4.88 Å². The summed E-state index contributed by atoms with van der Waals surface area (Å²) in [6.45, 7) is 2.43. The lowest BCUT2D eigenvalue weighted by Gasteiger charge is -2.09. The average Bonchev–Trinajstić information content (AvgIpc) is 3.08. The number of nitrogens with one attached hydrogen (secondary N) is 1. The lowest BCUT2D eigenvalue weighted by atomic mass is 10.2. The van der Waals surface area contributed by atoms with E-state index in [0.717, 1.165) is 33.8 Å². The molecule has 0 unspecified atom stereocenters. The van der Waals surface area contributed by atoms with Gasteiger partial charge in [0.1, 0.15) is 10.7 Å². The SMILES string of the molecule is Cc1nc(NOCc2ccccc2)c2c3c(sc2n1)CCC3. The number of aromatic nitrogens is 2. The molecular weight excluding hydrogens is 294 g/mol. The maximum atomic E-state index is 5.66. The zero-order valence-corrected chi connectivity index (χ0v) is 13.2. The number of fused-ring (bicyclic) bond motifs is 3. The van der Waals surface area contributed by atoms with Gasteiger partial charge >= 0.3 is 0 Å². The molecule has 1 aliphatic carbocycles. The molecule has 0 aliphatic heterocycles. The van der Waals surface area contributed by atoms with Crippen molar-refractivity contribution >= 4 is 27.4 Å². The molecule has 1 aliphatic rings. The minimum absolute atomic E-state index is 0.512. The summed E-state index contributed by atoms with van der Waals surface area (Å²) in [7, 11) is 0. The maximum absolute atomic E-state index is 5.66. The van der Waals surface area contributed by atoms with Crippen molar-refractivity contribution in [2.45, 2.75) is 32.8 Å². The lowest BCUT2D eigenvalue weighted by Crippen LogP contribution is -2.05. The Morgan fingerprint density at radius 3 is 2.91 bits per heavy atom. The van der Waals surface area contributed by atoms with Crippen LogP contribution in [0.5, 0.6) is 0 Å². The lowest BCUT2D eigenvalue weighted by molar-refractivity contribution is 0.179. The summed E-state index contributed by atoms with van der Waals surface area (Å²) in [6, 6.07) is 10.1. The van der Waals surface area contributed by atoms with Crippen molar-refractivity contribution in [2.24, 2.45) is 0 Å². The highest BCUT2D eigenvalue weighted by Gasteiger charge is 2.21. The molecule has 1 aromatic carbocycles. The molecule has 3 aromatic rings. The zero-order valence-electron chi connectivity index (χ0n) is 12.4. The third kappa shape index (κ3) is 2.46. The van der Waals surface area contributed by atoms with Crippen LogP contribution in [-0.4, -0.2) is 9.97 Å². The molecule has 4 rings (SSSR count). The Labute approximate surface area is 133 Å². The minimum Gasteiger partial charge on any atom is -0.270 e. The highest BCUT2D eigenvalue weighted by Crippen LogP contribution is 2.39. The predicted molar refractivity (Wildman–Crippen MR) is 89.0 cm³/mol. The van der Waals surface area contributed by atoms with Gasteiger partial charge in [0.15, 0.2) is 5.82 Å². The van der Waals surface area contributed by atoms with Gasteiger partial charge in [-0.25, -0.2) is 15.4 Å². The van der Waals surface area contributed by atoms with E-state index in [1.807, 2.05) is 37.3 Å². The van der Waals surface area contributed by atoms with Gasteiger partial charge in [0.25, 0.3) is 0 Å². The van der Waals surface area contributed by atoms with Crippen molar-refractivity contribution in [3.63, 3.8) is 0 Å². The smallest absolute Gasteiger partial charge is 0.162 e. The van der Waals surface area contributed by atoms with Crippen LogP contribution >= 0.6 is 11.3 Å². The Hall–Kier alpha value is -1.98. The normalized spacial score (nSPS) is 13.5. The second-order valence-electron chi connectivity index (χ2n) is 5.53. The Kier molecular flexibility index (Phi) is 3.52. The Morgan fingerprint density at radius 1 is 1.18 bits per heavy atom. The monoisotopic (exact) mass is 311 g/mol. The molecule has 0 atom stereocenters. The summed E-state index contributed by atoms with van der Waals surface area (Å²) in [5.41, 5.74) is 5.59. The minimum atomic E-state index is 0.512. The molecule has 4 nitrogen and oxygen atoms in total. The van der Waals surface area contributed by atoms with Crippen molar-refractivity contribution in [1.29, 1.82) is 0 Å². The topological polar surface area (TPSA) is 47.0 Å². The van der Waals surface area contributed by atoms with Gasteiger partial charge in [-0.2, -0.15) is 0 Å². The fraction of sp³-hybridized carbons (Fsp3) is 0.294. The third-order valence-corrected chi connectivity index (χ3v) is 5.11. The average molecular weight is 311 g/mol. The van der Waals surface area contributed by atoms with Gasteiger partial charge in [-0.05, 0) is 37.3 Å². The van der Waals surface area contributed by atoms with Crippen molar-refractivity contribution in [1.82, 2.24) is 9.97 Å². The number of anilines is 1. The van der Waals surface area contributed by atoms with Crippen LogP contribution in [0.1, 0.15) is 28.2 Å². The molecule has 0 fully saturated rings. The Bertz CT molecular complexity index is 814. The second kappa shape index (κ2) is 5.66. The molecular formula is C17H17N3OS. The van der Waals surface area contributed by atoms with Crippen LogP contribution in [0.2, 0.25) is 0 Å². The molecule has 2 heterocycles. The van der Waals surface area contributed by atoms with Crippen molar-refractivity contribution in [2.75, 3.05) is 5.48 Å². The summed E-state index contributed by atoms with van der Waals surface area (Å²) in [6.07, 6.45) is 3.52. The first kappa shape index (κ1) is 13.7. The van der Waals surface area contributed by atoms with Crippen molar-refractivity contribution in [3.05, 3.63) is 52.2 Å². The maximum Gasteiger partial charge on any atom is 0.162 e. The van der Waals surface area contributed by atoms with Gasteiger partial charge in [-0.3, -0.25) is 4.84 Å². The number of thiophene rings is 1. The van der Waals surface area contributed by atoms with E-state index in [4.69, 9.17) is 4.84 Å². The van der Waals surface area contributed by atoms with E-state index in [0.29, 0.717) is 6.61 Å². The number of nitrogens with zero attached hydrogens (tertiary/aromatic N) is 2. The second-order valence-corrected chi connectivity index (χ2v) is 6.62. The van der Waals surface area contributed by atoms with Gasteiger partial charge in [0.05, 0.1) is 12.0 Å². The number of hydrogen-bond donors (Lipinski definition) is 1. The molecule has 0 radical (unpaired) electrons. The van der Waals surface area contributed by atoms with Crippen molar-refractivity contribution in [3.8, 4) is 0 Å². The fourth-order valence-electron chi connectivity index (χ4n) is 2.94. The number of rotatable bonds is 4. The van der Waals surface area contributed by atoms with E-state index >= 15 is 0 Å². The highest BCUT2D eigenvalue weighted by atomic mass is 32.1. The van der Waals surface area contributed by atoms with Crippen LogP contribution < -0.4 is 5.48 Å². The Morgan fingerprint density at radius 2 is 2.05 bits per heavy atom. The van der Waals surface area contributed by atoms with Gasteiger partial charge in [-0.15, -0.1) is 11.3 Å². The summed E-state index contributed by atoms with van der Waals surface area (Å²) in [4.78, 5) is 17.3. The molecule has 0 bridgehead atoms. The number of aryl methyl sites for hydroxylation is 3. The molecule has 2 aromatic heterocycles. The summed E-state index contributed by atoms with van der Waals surface area (Å²) < 4.78 is 0. The van der Waals surface area contributed by atoms with Crippen LogP contribution in [0.25, 0.3) is 10.2 Å². The Balaban J connectivity index is 1.61. The van der Waals surface area contributed by atoms with Gasteiger partial charge < -0.3 is 0 Å². The quantitative estimate of drug-likeness (QED) is 0.739. The van der Waals surface area contributed by atoms with Gasteiger partial charge in [0.2, 0.25) is 0 Å². The number of hydrogen-bond acceptors (Lipinski definition) is 5. The first-order valence-corrected chi connectivity index (χ1v) is 8.33. The molecule has 112 valence electrons. The standard InChI is InChI=1S/C17H17N3OS/c1-11-18-16(20-21-10-12-6-3-2-4-7-12)15-13-8-5-9-14(13)22-17(15)19-11/h2-4,6-7H,5,8-10H2,1H3,(H,18,19,20). The van der Waals surface area contributed by atoms with Crippen LogP contribution in [0.15, 0.2) is 30.3 Å². The third-order valence-electron chi connectivity index (χ3n) is 3.93. The molecule has 0 saturated carbocycles. The van der Waals surface area contributed by atoms with E-state index in [9.17, 15) is 0 Å². The van der Waals surface area contributed by atoms with E-state index < -0.39 is 0 Å². The fourth-order valence-corrected chi connectivity index (χ4v) is 4.25. The van der Waals surface area contributed by atoms with Crippen LogP contribution in [0.3, 0.4) is 0 Å².